The number of ether oxygens (including phenoxy) is 1. The number of hydrogen-bond donors (Lipinski definition) is 3. The SMILES string of the molecule is COc1ccc(-c2cnc3c(Nc4ccc(C(=O)N5CCN(C(=O)CC6CCNC[C@@H]6O)CC5)c(C)c4)nccn23)c(F)c1F. The number of aliphatic hydroxyl groups is 1. The number of anilines is 2. The summed E-state index contributed by atoms with van der Waals surface area (Å²) in [5, 5.41) is 16.5. The molecule has 45 heavy (non-hydrogen) atoms. The third-order valence-corrected chi connectivity index (χ3v) is 8.64. The number of piperazine rings is 1. The maximum absolute atomic E-state index is 14.8. The molecule has 2 atom stereocenters. The number of fused-ring (bicyclic) bond motifs is 1. The minimum absolute atomic E-state index is 0.0224. The van der Waals surface area contributed by atoms with Gasteiger partial charge in [-0.05, 0) is 61.7 Å². The zero-order valence-corrected chi connectivity index (χ0v) is 25.1. The Bertz CT molecular complexity index is 1740. The molecule has 0 aliphatic carbocycles. The van der Waals surface area contributed by atoms with Crippen LogP contribution < -0.4 is 15.4 Å². The zero-order chi connectivity index (χ0) is 31.7. The van der Waals surface area contributed by atoms with E-state index in [-0.39, 0.29) is 29.0 Å². The number of aliphatic hydroxyl groups excluding tert-OH is 1. The molecule has 3 N–H and O–H groups in total. The van der Waals surface area contributed by atoms with E-state index in [1.165, 1.54) is 31.6 Å². The summed E-state index contributed by atoms with van der Waals surface area (Å²) in [6.07, 6.45) is 5.17. The van der Waals surface area contributed by atoms with Crippen molar-refractivity contribution in [1.82, 2.24) is 29.5 Å². The van der Waals surface area contributed by atoms with Crippen molar-refractivity contribution >= 4 is 29.0 Å². The van der Waals surface area contributed by atoms with Gasteiger partial charge in [-0.1, -0.05) is 0 Å². The summed E-state index contributed by atoms with van der Waals surface area (Å²) >= 11 is 0. The van der Waals surface area contributed by atoms with Crippen molar-refractivity contribution in [3.05, 3.63) is 71.7 Å². The molecule has 2 amide bonds. The molecule has 2 saturated heterocycles. The summed E-state index contributed by atoms with van der Waals surface area (Å²) in [5.41, 5.74) is 2.77. The second-order valence-corrected chi connectivity index (χ2v) is 11.4. The minimum atomic E-state index is -1.08. The summed E-state index contributed by atoms with van der Waals surface area (Å²) in [6.45, 7) is 4.95. The van der Waals surface area contributed by atoms with Crippen LogP contribution in [0.1, 0.15) is 28.8 Å². The Hall–Kier alpha value is -4.62. The summed E-state index contributed by atoms with van der Waals surface area (Å²) in [4.78, 5) is 38.6. The fraction of sp³-hybridized carbons (Fsp3) is 0.375. The van der Waals surface area contributed by atoms with Crippen molar-refractivity contribution in [3.63, 3.8) is 0 Å². The van der Waals surface area contributed by atoms with E-state index in [2.05, 4.69) is 20.6 Å². The van der Waals surface area contributed by atoms with Crippen LogP contribution in [-0.2, 0) is 4.79 Å². The lowest BCUT2D eigenvalue weighted by atomic mass is 9.91. The van der Waals surface area contributed by atoms with Gasteiger partial charge >= 0.3 is 0 Å². The van der Waals surface area contributed by atoms with Gasteiger partial charge in [-0.3, -0.25) is 14.0 Å². The molecule has 4 aromatic rings. The van der Waals surface area contributed by atoms with E-state index < -0.39 is 17.7 Å². The van der Waals surface area contributed by atoms with Crippen molar-refractivity contribution in [3.8, 4) is 17.0 Å². The van der Waals surface area contributed by atoms with E-state index in [1.807, 2.05) is 13.0 Å². The molecule has 236 valence electrons. The molecule has 13 heteroatoms. The van der Waals surface area contributed by atoms with Crippen LogP contribution in [0.25, 0.3) is 16.9 Å². The number of carbonyl (C=O) groups is 2. The van der Waals surface area contributed by atoms with E-state index in [0.717, 1.165) is 18.5 Å². The zero-order valence-electron chi connectivity index (χ0n) is 25.1. The van der Waals surface area contributed by atoms with Crippen molar-refractivity contribution in [2.75, 3.05) is 51.7 Å². The van der Waals surface area contributed by atoms with Gasteiger partial charge in [-0.15, -0.1) is 0 Å². The molecular formula is C32H35F2N7O4. The normalized spacial score (nSPS) is 18.7. The van der Waals surface area contributed by atoms with Crippen molar-refractivity contribution < 1.29 is 28.2 Å². The van der Waals surface area contributed by atoms with Crippen LogP contribution in [0.5, 0.6) is 5.75 Å². The van der Waals surface area contributed by atoms with Gasteiger partial charge in [-0.2, -0.15) is 4.39 Å². The van der Waals surface area contributed by atoms with E-state index in [0.29, 0.717) is 67.6 Å². The van der Waals surface area contributed by atoms with Crippen LogP contribution in [-0.4, -0.2) is 93.6 Å². The van der Waals surface area contributed by atoms with Gasteiger partial charge < -0.3 is 30.3 Å². The van der Waals surface area contributed by atoms with Crippen LogP contribution in [0, 0.1) is 24.5 Å². The Labute approximate surface area is 258 Å². The van der Waals surface area contributed by atoms with Gasteiger partial charge in [0.25, 0.3) is 5.91 Å². The molecular weight excluding hydrogens is 584 g/mol. The van der Waals surface area contributed by atoms with E-state index in [4.69, 9.17) is 4.74 Å². The third-order valence-electron chi connectivity index (χ3n) is 8.64. The largest absolute Gasteiger partial charge is 0.494 e. The van der Waals surface area contributed by atoms with Crippen LogP contribution in [0.15, 0.2) is 48.9 Å². The average molecular weight is 620 g/mol. The first-order valence-electron chi connectivity index (χ1n) is 14.9. The first-order valence-corrected chi connectivity index (χ1v) is 14.9. The molecule has 0 bridgehead atoms. The lowest BCUT2D eigenvalue weighted by Crippen LogP contribution is -2.51. The van der Waals surface area contributed by atoms with Gasteiger partial charge in [0.1, 0.15) is 0 Å². The number of aryl methyl sites for hydroxylation is 1. The minimum Gasteiger partial charge on any atom is -0.494 e. The number of rotatable bonds is 7. The number of hydrogen-bond acceptors (Lipinski definition) is 8. The Morgan fingerprint density at radius 2 is 1.87 bits per heavy atom. The molecule has 2 aromatic heterocycles. The van der Waals surface area contributed by atoms with E-state index in [9.17, 15) is 23.5 Å². The van der Waals surface area contributed by atoms with Crippen molar-refractivity contribution in [2.45, 2.75) is 25.9 Å². The molecule has 0 radical (unpaired) electrons. The smallest absolute Gasteiger partial charge is 0.254 e. The van der Waals surface area contributed by atoms with Crippen molar-refractivity contribution in [2.24, 2.45) is 5.92 Å². The Balaban J connectivity index is 1.12. The summed E-state index contributed by atoms with van der Waals surface area (Å²) in [7, 11) is 1.27. The monoisotopic (exact) mass is 619 g/mol. The van der Waals surface area contributed by atoms with Crippen LogP contribution >= 0.6 is 0 Å². The second kappa shape index (κ2) is 12.8. The highest BCUT2D eigenvalue weighted by atomic mass is 19.2. The molecule has 2 fully saturated rings. The first kappa shape index (κ1) is 30.4. The van der Waals surface area contributed by atoms with Gasteiger partial charge in [0.15, 0.2) is 23.0 Å². The quantitative estimate of drug-likeness (QED) is 0.288. The molecule has 2 aliphatic rings. The first-order chi connectivity index (χ1) is 21.7. The molecule has 0 saturated carbocycles. The fourth-order valence-corrected chi connectivity index (χ4v) is 6.03. The standard InChI is InChI=1S/C32H35F2N7O4/c1-19-15-21(38-30-31-37-17-24(41(31)10-9-36-30)23-5-6-26(45-2)29(34)28(23)33)3-4-22(19)32(44)40-13-11-39(12-14-40)27(43)16-20-7-8-35-18-25(20)42/h3-6,9-10,15,17,20,25,35,42H,7-8,11-14,16,18H2,1-2H3,(H,36,38)/t20?,25-/m0/s1. The Kier molecular flexibility index (Phi) is 8.63. The van der Waals surface area contributed by atoms with Gasteiger partial charge in [0.2, 0.25) is 11.7 Å². The third kappa shape index (κ3) is 6.05. The molecule has 1 unspecified atom stereocenters. The van der Waals surface area contributed by atoms with Crippen molar-refractivity contribution in [1.29, 1.82) is 0 Å². The maximum atomic E-state index is 14.8. The maximum Gasteiger partial charge on any atom is 0.254 e. The van der Waals surface area contributed by atoms with Gasteiger partial charge in [-0.25, -0.2) is 14.4 Å². The van der Waals surface area contributed by atoms with E-state index >= 15 is 0 Å². The number of imidazole rings is 1. The number of aromatic nitrogens is 3. The molecule has 2 aliphatic heterocycles. The van der Waals surface area contributed by atoms with Crippen LogP contribution in [0.4, 0.5) is 20.3 Å². The molecule has 2 aromatic carbocycles. The summed E-state index contributed by atoms with van der Waals surface area (Å²) in [6, 6.07) is 8.16. The number of carbonyl (C=O) groups excluding carboxylic acids is 2. The molecule has 6 rings (SSSR count). The lowest BCUT2D eigenvalue weighted by molar-refractivity contribution is -0.135. The highest BCUT2D eigenvalue weighted by Gasteiger charge is 2.30. The summed E-state index contributed by atoms with van der Waals surface area (Å²) < 4.78 is 35.7. The molecule has 11 nitrogen and oxygen atoms in total. The number of amides is 2. The average Bonchev–Trinajstić information content (AvgIpc) is 3.48. The number of benzene rings is 2. The number of piperidine rings is 1. The predicted octanol–water partition coefficient (Wildman–Crippen LogP) is 3.38. The fourth-order valence-electron chi connectivity index (χ4n) is 6.03. The number of halogens is 2. The second-order valence-electron chi connectivity index (χ2n) is 11.4. The highest BCUT2D eigenvalue weighted by molar-refractivity contribution is 5.96. The Morgan fingerprint density at radius 1 is 1.09 bits per heavy atom. The van der Waals surface area contributed by atoms with Gasteiger partial charge in [0.05, 0.1) is 25.1 Å². The molecule has 0 spiro atoms. The van der Waals surface area contributed by atoms with Gasteiger partial charge in [0, 0.05) is 68.4 Å². The number of β-amino-alcohol motifs (C(OH)–C–C–N with tert-alkyl or cyclic N) is 1. The topological polar surface area (TPSA) is 124 Å². The highest BCUT2D eigenvalue weighted by Crippen LogP contribution is 2.32. The molecule has 4 heterocycles. The van der Waals surface area contributed by atoms with E-state index in [1.54, 1.807) is 32.5 Å². The number of methoxy groups -OCH3 is 1. The van der Waals surface area contributed by atoms with Crippen LogP contribution in [0.2, 0.25) is 0 Å². The Morgan fingerprint density at radius 3 is 2.60 bits per heavy atom. The van der Waals surface area contributed by atoms with Crippen LogP contribution in [0.3, 0.4) is 0 Å². The predicted molar refractivity (Wildman–Crippen MR) is 163 cm³/mol. The number of nitrogens with zero attached hydrogens (tertiary/aromatic N) is 5. The summed E-state index contributed by atoms with van der Waals surface area (Å²) in [5.74, 6) is -2.02. The lowest BCUT2D eigenvalue weighted by Gasteiger charge is -2.36. The number of nitrogens with one attached hydrogen (secondary N) is 2.